The molecule has 1 aromatic rings. The number of nitrogens with zero attached hydrogens (tertiary/aromatic N) is 3. The van der Waals surface area contributed by atoms with E-state index in [4.69, 9.17) is 15.6 Å². The lowest BCUT2D eigenvalue weighted by atomic mass is 10.2. The first-order valence-electron chi connectivity index (χ1n) is 4.14. The highest BCUT2D eigenvalue weighted by molar-refractivity contribution is 6.10. The molecule has 0 bridgehead atoms. The van der Waals surface area contributed by atoms with Crippen LogP contribution in [0.25, 0.3) is 0 Å². The van der Waals surface area contributed by atoms with Gasteiger partial charge in [0.25, 0.3) is 0 Å². The summed E-state index contributed by atoms with van der Waals surface area (Å²) in [6.45, 7) is 0. The molecule has 1 aromatic carbocycles. The van der Waals surface area contributed by atoms with Crippen molar-refractivity contribution in [3.63, 3.8) is 0 Å². The van der Waals surface area contributed by atoms with Gasteiger partial charge in [-0.05, 0) is 18.2 Å². The molecule has 0 aliphatic rings. The second-order valence-electron chi connectivity index (χ2n) is 2.68. The number of carboxylic acids is 1. The van der Waals surface area contributed by atoms with Crippen molar-refractivity contribution in [2.24, 2.45) is 5.10 Å². The van der Waals surface area contributed by atoms with Gasteiger partial charge in [0.15, 0.2) is 0 Å². The van der Waals surface area contributed by atoms with Crippen molar-refractivity contribution in [3.8, 4) is 12.1 Å². The van der Waals surface area contributed by atoms with E-state index in [0.717, 1.165) is 0 Å². The maximum absolute atomic E-state index is 10.6. The number of rotatable bonds is 3. The molecule has 0 saturated carbocycles. The van der Waals surface area contributed by atoms with Crippen LogP contribution in [0.3, 0.4) is 0 Å². The molecular formula is C10H6N4O2. The second kappa shape index (κ2) is 5.13. The van der Waals surface area contributed by atoms with Gasteiger partial charge in [-0.1, -0.05) is 6.07 Å². The highest BCUT2D eigenvalue weighted by Crippen LogP contribution is 2.10. The van der Waals surface area contributed by atoms with Crippen molar-refractivity contribution < 1.29 is 9.90 Å². The molecule has 0 aliphatic heterocycles. The number of aromatic carboxylic acids is 1. The van der Waals surface area contributed by atoms with E-state index >= 15 is 0 Å². The molecule has 6 nitrogen and oxygen atoms in total. The Morgan fingerprint density at radius 3 is 2.62 bits per heavy atom. The van der Waals surface area contributed by atoms with E-state index in [1.54, 1.807) is 18.2 Å². The molecule has 78 valence electrons. The second-order valence-corrected chi connectivity index (χ2v) is 2.68. The van der Waals surface area contributed by atoms with Crippen LogP contribution in [0.4, 0.5) is 5.69 Å². The van der Waals surface area contributed by atoms with E-state index < -0.39 is 5.97 Å². The summed E-state index contributed by atoms with van der Waals surface area (Å²) in [4.78, 5) is 10.6. The van der Waals surface area contributed by atoms with Crippen LogP contribution in [0.15, 0.2) is 29.4 Å². The summed E-state index contributed by atoms with van der Waals surface area (Å²) in [6, 6.07) is 9.01. The summed E-state index contributed by atoms with van der Waals surface area (Å²) < 4.78 is 0. The van der Waals surface area contributed by atoms with E-state index in [1.165, 1.54) is 18.2 Å². The molecule has 0 aliphatic carbocycles. The zero-order valence-electron chi connectivity index (χ0n) is 8.01. The highest BCUT2D eigenvalue weighted by atomic mass is 16.4. The third kappa shape index (κ3) is 2.82. The fraction of sp³-hybridized carbons (Fsp3) is 0. The van der Waals surface area contributed by atoms with Crippen molar-refractivity contribution >= 4 is 17.4 Å². The van der Waals surface area contributed by atoms with Crippen LogP contribution in [0.2, 0.25) is 0 Å². The monoisotopic (exact) mass is 214 g/mol. The number of anilines is 1. The lowest BCUT2D eigenvalue weighted by Crippen LogP contribution is -1.99. The topological polar surface area (TPSA) is 109 Å². The minimum atomic E-state index is -1.06. The fourth-order valence-corrected chi connectivity index (χ4v) is 0.917. The van der Waals surface area contributed by atoms with E-state index in [0.29, 0.717) is 5.69 Å². The Morgan fingerprint density at radius 1 is 1.38 bits per heavy atom. The molecule has 0 radical (unpaired) electrons. The molecule has 0 fully saturated rings. The SMILES string of the molecule is N#CC(C#N)=NNc1cccc(C(=O)O)c1. The number of hydrogen-bond donors (Lipinski definition) is 2. The van der Waals surface area contributed by atoms with E-state index in [1.807, 2.05) is 0 Å². The van der Waals surface area contributed by atoms with Crippen LogP contribution in [-0.2, 0) is 0 Å². The molecular weight excluding hydrogens is 208 g/mol. The first kappa shape index (κ1) is 11.2. The molecule has 1 rings (SSSR count). The standard InChI is InChI=1S/C10H6N4O2/c11-5-9(6-12)14-13-8-3-1-2-7(4-8)10(15)16/h1-4,13H,(H,15,16). The highest BCUT2D eigenvalue weighted by Gasteiger charge is 2.02. The van der Waals surface area contributed by atoms with E-state index in [2.05, 4.69) is 10.5 Å². The van der Waals surface area contributed by atoms with Gasteiger partial charge < -0.3 is 5.11 Å². The normalized spacial score (nSPS) is 8.38. The smallest absolute Gasteiger partial charge is 0.335 e. The lowest BCUT2D eigenvalue weighted by molar-refractivity contribution is 0.0697. The summed E-state index contributed by atoms with van der Waals surface area (Å²) in [5.41, 5.74) is 2.57. The number of benzene rings is 1. The van der Waals surface area contributed by atoms with E-state index in [-0.39, 0.29) is 11.3 Å². The quantitative estimate of drug-likeness (QED) is 0.580. The fourth-order valence-electron chi connectivity index (χ4n) is 0.917. The van der Waals surface area contributed by atoms with Gasteiger partial charge in [0.05, 0.1) is 11.3 Å². The third-order valence-electron chi connectivity index (χ3n) is 1.62. The maximum Gasteiger partial charge on any atom is 0.335 e. The van der Waals surface area contributed by atoms with Gasteiger partial charge in [-0.2, -0.15) is 15.6 Å². The zero-order chi connectivity index (χ0) is 12.0. The Morgan fingerprint density at radius 2 is 2.06 bits per heavy atom. The Bertz CT molecular complexity index is 506. The molecule has 0 atom stereocenters. The van der Waals surface area contributed by atoms with Gasteiger partial charge in [0.2, 0.25) is 5.71 Å². The van der Waals surface area contributed by atoms with Crippen LogP contribution in [-0.4, -0.2) is 16.8 Å². The number of carbonyl (C=O) groups is 1. The number of hydrazone groups is 1. The predicted molar refractivity (Wildman–Crippen MR) is 55.7 cm³/mol. The summed E-state index contributed by atoms with van der Waals surface area (Å²) in [6.07, 6.45) is 0. The molecule has 0 amide bonds. The Kier molecular flexibility index (Phi) is 3.59. The average molecular weight is 214 g/mol. The van der Waals surface area contributed by atoms with Crippen LogP contribution < -0.4 is 5.43 Å². The van der Waals surface area contributed by atoms with Gasteiger partial charge in [0.1, 0.15) is 12.1 Å². The minimum absolute atomic E-state index is 0.0932. The third-order valence-corrected chi connectivity index (χ3v) is 1.62. The van der Waals surface area contributed by atoms with Crippen molar-refractivity contribution in [2.75, 3.05) is 5.43 Å². The zero-order valence-corrected chi connectivity index (χ0v) is 8.01. The van der Waals surface area contributed by atoms with Crippen LogP contribution in [0.1, 0.15) is 10.4 Å². The molecule has 0 spiro atoms. The van der Waals surface area contributed by atoms with Gasteiger partial charge in [-0.3, -0.25) is 5.43 Å². The largest absolute Gasteiger partial charge is 0.478 e. The van der Waals surface area contributed by atoms with Gasteiger partial charge in [-0.25, -0.2) is 4.79 Å². The number of nitrogens with one attached hydrogen (secondary N) is 1. The first-order valence-corrected chi connectivity index (χ1v) is 4.14. The summed E-state index contributed by atoms with van der Waals surface area (Å²) >= 11 is 0. The molecule has 6 heteroatoms. The molecule has 2 N–H and O–H groups in total. The minimum Gasteiger partial charge on any atom is -0.478 e. The number of nitriles is 2. The summed E-state index contributed by atoms with van der Waals surface area (Å²) in [5, 5.41) is 29.0. The molecule has 0 aromatic heterocycles. The molecule has 16 heavy (non-hydrogen) atoms. The molecule has 0 heterocycles. The van der Waals surface area contributed by atoms with Crippen LogP contribution in [0, 0.1) is 22.7 Å². The van der Waals surface area contributed by atoms with Gasteiger partial charge in [-0.15, -0.1) is 0 Å². The van der Waals surface area contributed by atoms with E-state index in [9.17, 15) is 4.79 Å². The molecule has 0 saturated heterocycles. The molecule has 0 unspecified atom stereocenters. The Hall–Kier alpha value is -2.86. The number of carboxylic acid groups (broad SMARTS) is 1. The van der Waals surface area contributed by atoms with Crippen molar-refractivity contribution in [3.05, 3.63) is 29.8 Å². The van der Waals surface area contributed by atoms with Crippen LogP contribution >= 0.6 is 0 Å². The summed E-state index contributed by atoms with van der Waals surface area (Å²) in [7, 11) is 0. The summed E-state index contributed by atoms with van der Waals surface area (Å²) in [5.74, 6) is -1.06. The average Bonchev–Trinajstić information content (AvgIpc) is 2.31. The predicted octanol–water partition coefficient (Wildman–Crippen LogP) is 1.20. The Labute approximate surface area is 91.0 Å². The van der Waals surface area contributed by atoms with Crippen molar-refractivity contribution in [1.82, 2.24) is 0 Å². The van der Waals surface area contributed by atoms with Crippen LogP contribution in [0.5, 0.6) is 0 Å². The van der Waals surface area contributed by atoms with Crippen molar-refractivity contribution in [2.45, 2.75) is 0 Å². The van der Waals surface area contributed by atoms with Gasteiger partial charge >= 0.3 is 5.97 Å². The van der Waals surface area contributed by atoms with Gasteiger partial charge in [0, 0.05) is 0 Å². The van der Waals surface area contributed by atoms with Crippen molar-refractivity contribution in [1.29, 1.82) is 10.5 Å². The lowest BCUT2D eigenvalue weighted by Gasteiger charge is -2.00. The number of hydrogen-bond acceptors (Lipinski definition) is 5. The Balaban J connectivity index is 2.88. The first-order chi connectivity index (χ1) is 7.67. The maximum atomic E-state index is 10.6.